The summed E-state index contributed by atoms with van der Waals surface area (Å²) in [5.41, 5.74) is 0.0830. The van der Waals surface area contributed by atoms with Crippen LogP contribution in [0, 0.1) is 0 Å². The number of methoxy groups -OCH3 is 1. The molecule has 4 rings (SSSR count). The molecule has 160 valence electrons. The molecule has 1 aliphatic heterocycles. The standard InChI is InChI=1S/C23H20O8/c1-11(24)28-17-8-14-15(9-18(17)29-12(2)25)30-22-13-6-7-23(3,4)31-16(13)10-19(27-5)20(22)21(14)26/h6-10H,1-5H3. The maximum atomic E-state index is 13.4. The lowest BCUT2D eigenvalue weighted by Gasteiger charge is -2.28. The predicted octanol–water partition coefficient (Wildman–Crippen LogP) is 3.99. The van der Waals surface area contributed by atoms with E-state index in [1.54, 1.807) is 6.07 Å². The zero-order valence-corrected chi connectivity index (χ0v) is 17.7. The number of benzene rings is 2. The molecular weight excluding hydrogens is 404 g/mol. The zero-order valence-electron chi connectivity index (χ0n) is 17.7. The van der Waals surface area contributed by atoms with Crippen LogP contribution in [0.15, 0.2) is 33.5 Å². The van der Waals surface area contributed by atoms with Crippen molar-refractivity contribution in [2.24, 2.45) is 0 Å². The first-order valence-electron chi connectivity index (χ1n) is 9.50. The summed E-state index contributed by atoms with van der Waals surface area (Å²) in [6.45, 7) is 6.22. The van der Waals surface area contributed by atoms with Gasteiger partial charge in [-0.05, 0) is 32.1 Å². The molecule has 31 heavy (non-hydrogen) atoms. The average molecular weight is 424 g/mol. The first kappa shape index (κ1) is 20.5. The summed E-state index contributed by atoms with van der Waals surface area (Å²) < 4.78 is 27.8. The highest BCUT2D eigenvalue weighted by Crippen LogP contribution is 2.42. The molecule has 0 atom stereocenters. The predicted molar refractivity (Wildman–Crippen MR) is 113 cm³/mol. The van der Waals surface area contributed by atoms with Gasteiger partial charge in [0.15, 0.2) is 17.1 Å². The summed E-state index contributed by atoms with van der Waals surface area (Å²) in [6.07, 6.45) is 3.69. The minimum atomic E-state index is -0.630. The number of carbonyl (C=O) groups excluding carboxylic acids is 2. The van der Waals surface area contributed by atoms with Crippen molar-refractivity contribution in [3.63, 3.8) is 0 Å². The number of ether oxygens (including phenoxy) is 4. The molecule has 1 aromatic heterocycles. The van der Waals surface area contributed by atoms with Crippen LogP contribution >= 0.6 is 0 Å². The van der Waals surface area contributed by atoms with E-state index in [0.717, 1.165) is 0 Å². The van der Waals surface area contributed by atoms with Crippen LogP contribution in [0.3, 0.4) is 0 Å². The van der Waals surface area contributed by atoms with Crippen molar-refractivity contribution in [3.05, 3.63) is 40.1 Å². The van der Waals surface area contributed by atoms with Crippen molar-refractivity contribution in [2.75, 3.05) is 7.11 Å². The maximum Gasteiger partial charge on any atom is 0.308 e. The van der Waals surface area contributed by atoms with Gasteiger partial charge in [-0.2, -0.15) is 0 Å². The molecule has 2 heterocycles. The minimum absolute atomic E-state index is 0.0395. The Balaban J connectivity index is 2.09. The fraction of sp³-hybridized carbons (Fsp3) is 0.261. The summed E-state index contributed by atoms with van der Waals surface area (Å²) in [5, 5.41) is 0.356. The molecule has 0 saturated carbocycles. The van der Waals surface area contributed by atoms with E-state index in [4.69, 9.17) is 23.4 Å². The summed E-state index contributed by atoms with van der Waals surface area (Å²) >= 11 is 0. The van der Waals surface area contributed by atoms with Crippen molar-refractivity contribution in [3.8, 4) is 23.0 Å². The van der Waals surface area contributed by atoms with Gasteiger partial charge >= 0.3 is 11.9 Å². The van der Waals surface area contributed by atoms with Crippen LogP contribution in [0.4, 0.5) is 0 Å². The number of rotatable bonds is 3. The van der Waals surface area contributed by atoms with Crippen LogP contribution in [0.2, 0.25) is 0 Å². The van der Waals surface area contributed by atoms with E-state index in [2.05, 4.69) is 0 Å². The molecule has 1 aliphatic rings. The number of hydrogen-bond donors (Lipinski definition) is 0. The fourth-order valence-corrected chi connectivity index (χ4v) is 3.47. The molecule has 8 nitrogen and oxygen atoms in total. The zero-order chi connectivity index (χ0) is 22.5. The van der Waals surface area contributed by atoms with Gasteiger partial charge in [0.05, 0.1) is 18.1 Å². The first-order valence-corrected chi connectivity index (χ1v) is 9.50. The highest BCUT2D eigenvalue weighted by Gasteiger charge is 2.27. The Morgan fingerprint density at radius 2 is 1.61 bits per heavy atom. The molecule has 0 N–H and O–H groups in total. The highest BCUT2D eigenvalue weighted by molar-refractivity contribution is 6.00. The Labute approximate surface area is 176 Å². The monoisotopic (exact) mass is 424 g/mol. The van der Waals surface area contributed by atoms with E-state index in [-0.39, 0.29) is 39.2 Å². The Bertz CT molecular complexity index is 1340. The van der Waals surface area contributed by atoms with Crippen molar-refractivity contribution in [1.82, 2.24) is 0 Å². The Morgan fingerprint density at radius 3 is 2.23 bits per heavy atom. The fourth-order valence-electron chi connectivity index (χ4n) is 3.47. The lowest BCUT2D eigenvalue weighted by molar-refractivity contribution is -0.134. The van der Waals surface area contributed by atoms with Crippen molar-refractivity contribution in [1.29, 1.82) is 0 Å². The summed E-state index contributed by atoms with van der Waals surface area (Å²) in [6, 6.07) is 4.31. The summed E-state index contributed by atoms with van der Waals surface area (Å²) in [7, 11) is 1.45. The smallest absolute Gasteiger partial charge is 0.308 e. The van der Waals surface area contributed by atoms with E-state index in [1.165, 1.54) is 33.1 Å². The lowest BCUT2D eigenvalue weighted by atomic mass is 9.99. The van der Waals surface area contributed by atoms with Crippen LogP contribution in [0.25, 0.3) is 28.0 Å². The number of esters is 2. The second-order valence-electron chi connectivity index (χ2n) is 7.65. The molecule has 0 spiro atoms. The Hall–Kier alpha value is -3.81. The lowest BCUT2D eigenvalue weighted by Crippen LogP contribution is -2.27. The van der Waals surface area contributed by atoms with Crippen LogP contribution in [0.5, 0.6) is 23.0 Å². The summed E-state index contributed by atoms with van der Waals surface area (Å²) in [4.78, 5) is 36.4. The molecule has 0 saturated heterocycles. The maximum absolute atomic E-state index is 13.4. The van der Waals surface area contributed by atoms with Crippen molar-refractivity contribution in [2.45, 2.75) is 33.3 Å². The molecule has 0 unspecified atom stereocenters. The highest BCUT2D eigenvalue weighted by atomic mass is 16.6. The second-order valence-corrected chi connectivity index (χ2v) is 7.65. The van der Waals surface area contributed by atoms with Gasteiger partial charge in [-0.15, -0.1) is 0 Å². The van der Waals surface area contributed by atoms with Gasteiger partial charge in [0, 0.05) is 26.0 Å². The van der Waals surface area contributed by atoms with Gasteiger partial charge in [0.25, 0.3) is 0 Å². The first-order chi connectivity index (χ1) is 14.6. The normalized spacial score (nSPS) is 14.1. The van der Waals surface area contributed by atoms with Crippen LogP contribution in [-0.4, -0.2) is 24.6 Å². The van der Waals surface area contributed by atoms with Gasteiger partial charge in [-0.1, -0.05) is 0 Å². The van der Waals surface area contributed by atoms with Crippen LogP contribution < -0.4 is 24.4 Å². The number of hydrogen-bond acceptors (Lipinski definition) is 8. The molecule has 8 heteroatoms. The van der Waals surface area contributed by atoms with E-state index in [9.17, 15) is 14.4 Å². The minimum Gasteiger partial charge on any atom is -0.496 e. The summed E-state index contributed by atoms with van der Waals surface area (Å²) in [5.74, 6) is -0.557. The Kier molecular flexibility index (Phi) is 4.72. The third kappa shape index (κ3) is 3.61. The quantitative estimate of drug-likeness (QED) is 0.353. The SMILES string of the molecule is COc1cc2c(c3oc4cc(OC(C)=O)c(OC(C)=O)cc4c(=O)c13)C=CC(C)(C)O2. The Morgan fingerprint density at radius 1 is 0.968 bits per heavy atom. The van der Waals surface area contributed by atoms with Crippen molar-refractivity contribution < 1.29 is 33.0 Å². The molecule has 0 radical (unpaired) electrons. The van der Waals surface area contributed by atoms with Gasteiger partial charge in [0.2, 0.25) is 5.43 Å². The molecule has 0 bridgehead atoms. The largest absolute Gasteiger partial charge is 0.496 e. The van der Waals surface area contributed by atoms with Crippen LogP contribution in [0.1, 0.15) is 33.3 Å². The van der Waals surface area contributed by atoms with Gasteiger partial charge in [0.1, 0.15) is 28.1 Å². The second kappa shape index (κ2) is 7.16. The molecule has 2 aromatic carbocycles. The molecule has 0 fully saturated rings. The van der Waals surface area contributed by atoms with Gasteiger partial charge < -0.3 is 23.4 Å². The van der Waals surface area contributed by atoms with Crippen LogP contribution in [-0.2, 0) is 9.59 Å². The molecule has 3 aromatic rings. The third-order valence-corrected chi connectivity index (χ3v) is 4.73. The van der Waals surface area contributed by atoms with E-state index < -0.39 is 23.0 Å². The van der Waals surface area contributed by atoms with Gasteiger partial charge in [-0.25, -0.2) is 0 Å². The van der Waals surface area contributed by atoms with E-state index >= 15 is 0 Å². The number of fused-ring (bicyclic) bond motifs is 4. The molecular formula is C23H20O8. The molecule has 0 amide bonds. The van der Waals surface area contributed by atoms with E-state index in [0.29, 0.717) is 11.3 Å². The third-order valence-electron chi connectivity index (χ3n) is 4.73. The van der Waals surface area contributed by atoms with E-state index in [1.807, 2.05) is 26.0 Å². The topological polar surface area (TPSA) is 101 Å². The van der Waals surface area contributed by atoms with Gasteiger partial charge in [-0.3, -0.25) is 14.4 Å². The molecule has 0 aliphatic carbocycles. The average Bonchev–Trinajstić information content (AvgIpc) is 2.66. The number of carbonyl (C=O) groups is 2. The van der Waals surface area contributed by atoms with Crippen molar-refractivity contribution >= 4 is 40.0 Å².